The van der Waals surface area contributed by atoms with Crippen molar-refractivity contribution in [2.75, 3.05) is 13.1 Å². The van der Waals surface area contributed by atoms with Gasteiger partial charge in [-0.25, -0.2) is 14.6 Å². The molecule has 1 fully saturated rings. The molecule has 2 aromatic heterocycles. The number of piperidine rings is 1. The molecule has 1 atom stereocenters. The molecular formula is C16H24N6O. The van der Waals surface area contributed by atoms with Crippen molar-refractivity contribution in [1.82, 2.24) is 29.6 Å². The van der Waals surface area contributed by atoms with Gasteiger partial charge in [-0.2, -0.15) is 5.10 Å². The van der Waals surface area contributed by atoms with Crippen molar-refractivity contribution in [2.24, 2.45) is 0 Å². The molecule has 1 amide bonds. The number of aryl methyl sites for hydroxylation is 2. The van der Waals surface area contributed by atoms with Crippen LogP contribution in [0, 0.1) is 13.8 Å². The van der Waals surface area contributed by atoms with Gasteiger partial charge in [0, 0.05) is 19.0 Å². The number of rotatable bonds is 3. The second kappa shape index (κ2) is 6.14. The predicted molar refractivity (Wildman–Crippen MR) is 86.3 cm³/mol. The third-order valence-electron chi connectivity index (χ3n) is 4.31. The molecule has 0 bridgehead atoms. The number of aromatic amines is 1. The van der Waals surface area contributed by atoms with Gasteiger partial charge in [0.15, 0.2) is 0 Å². The molecule has 1 aliphatic rings. The quantitative estimate of drug-likeness (QED) is 0.941. The number of amides is 1. The van der Waals surface area contributed by atoms with E-state index < -0.39 is 0 Å². The third kappa shape index (κ3) is 3.13. The van der Waals surface area contributed by atoms with Crippen molar-refractivity contribution in [1.29, 1.82) is 0 Å². The second-order valence-electron chi connectivity index (χ2n) is 6.53. The highest BCUT2D eigenvalue weighted by Crippen LogP contribution is 2.23. The average molecular weight is 316 g/mol. The Kier molecular flexibility index (Phi) is 4.19. The van der Waals surface area contributed by atoms with E-state index in [1.807, 2.05) is 23.4 Å². The van der Waals surface area contributed by atoms with Crippen molar-refractivity contribution in [2.45, 2.75) is 52.5 Å². The third-order valence-corrected chi connectivity index (χ3v) is 4.31. The summed E-state index contributed by atoms with van der Waals surface area (Å²) in [6.07, 6.45) is 3.64. The first-order chi connectivity index (χ1) is 11.0. The van der Waals surface area contributed by atoms with Gasteiger partial charge >= 0.3 is 0 Å². The lowest BCUT2D eigenvalue weighted by Crippen LogP contribution is -2.41. The number of carbonyl (C=O) groups is 1. The lowest BCUT2D eigenvalue weighted by molar-refractivity contribution is 0.0665. The van der Waals surface area contributed by atoms with E-state index in [0.29, 0.717) is 12.2 Å². The monoisotopic (exact) mass is 316 g/mol. The number of imidazole rings is 1. The highest BCUT2D eigenvalue weighted by molar-refractivity contribution is 5.92. The summed E-state index contributed by atoms with van der Waals surface area (Å²) in [5.41, 5.74) is 0.570. The Balaban J connectivity index is 1.75. The highest BCUT2D eigenvalue weighted by atomic mass is 16.2. The Labute approximate surface area is 136 Å². The number of aromatic nitrogens is 5. The molecule has 0 spiro atoms. The molecule has 1 saturated heterocycles. The Bertz CT molecular complexity index is 701. The van der Waals surface area contributed by atoms with Crippen LogP contribution in [0.1, 0.15) is 66.6 Å². The van der Waals surface area contributed by atoms with E-state index in [1.165, 1.54) is 0 Å². The lowest BCUT2D eigenvalue weighted by atomic mass is 10.1. The SMILES string of the molecule is Cc1nc(C)n(C2CCCN(C(=O)c3cnc(C(C)C)[nH]3)C2)n1. The fourth-order valence-electron chi connectivity index (χ4n) is 3.13. The van der Waals surface area contributed by atoms with E-state index in [9.17, 15) is 4.79 Å². The van der Waals surface area contributed by atoms with Crippen molar-refractivity contribution in [3.63, 3.8) is 0 Å². The largest absolute Gasteiger partial charge is 0.338 e. The standard InChI is InChI=1S/C16H24N6O/c1-10(2)15-17-8-14(19-15)16(23)21-7-5-6-13(9-21)22-12(4)18-11(3)20-22/h8,10,13H,5-7,9H2,1-4H3,(H,17,19). The zero-order chi connectivity index (χ0) is 16.6. The number of hydrogen-bond donors (Lipinski definition) is 1. The molecule has 124 valence electrons. The molecular weight excluding hydrogens is 292 g/mol. The molecule has 23 heavy (non-hydrogen) atoms. The zero-order valence-corrected chi connectivity index (χ0v) is 14.2. The Morgan fingerprint density at radius 2 is 2.17 bits per heavy atom. The molecule has 0 aliphatic carbocycles. The minimum absolute atomic E-state index is 0.0172. The van der Waals surface area contributed by atoms with Crippen molar-refractivity contribution in [3.05, 3.63) is 29.4 Å². The lowest BCUT2D eigenvalue weighted by Gasteiger charge is -2.32. The number of carbonyl (C=O) groups excluding carboxylic acids is 1. The van der Waals surface area contributed by atoms with Gasteiger partial charge in [-0.15, -0.1) is 0 Å². The molecule has 2 aromatic rings. The van der Waals surface area contributed by atoms with Crippen LogP contribution in [-0.4, -0.2) is 48.6 Å². The zero-order valence-electron chi connectivity index (χ0n) is 14.2. The summed E-state index contributed by atoms with van der Waals surface area (Å²) in [6, 6.07) is 0.196. The first-order valence-corrected chi connectivity index (χ1v) is 8.19. The van der Waals surface area contributed by atoms with E-state index in [0.717, 1.165) is 36.9 Å². The van der Waals surface area contributed by atoms with Crippen LogP contribution < -0.4 is 0 Å². The summed E-state index contributed by atoms with van der Waals surface area (Å²) in [5, 5.41) is 4.48. The smallest absolute Gasteiger partial charge is 0.271 e. The van der Waals surface area contributed by atoms with Crippen LogP contribution >= 0.6 is 0 Å². The predicted octanol–water partition coefficient (Wildman–Crippen LogP) is 2.22. The van der Waals surface area contributed by atoms with E-state index >= 15 is 0 Å². The molecule has 7 heteroatoms. The van der Waals surface area contributed by atoms with Gasteiger partial charge in [0.2, 0.25) is 0 Å². The number of H-pyrrole nitrogens is 1. The maximum atomic E-state index is 12.7. The van der Waals surface area contributed by atoms with Gasteiger partial charge in [0.05, 0.1) is 12.2 Å². The van der Waals surface area contributed by atoms with Gasteiger partial charge in [-0.1, -0.05) is 13.8 Å². The summed E-state index contributed by atoms with van der Waals surface area (Å²) in [4.78, 5) is 26.4. The van der Waals surface area contributed by atoms with Gasteiger partial charge in [0.25, 0.3) is 5.91 Å². The van der Waals surface area contributed by atoms with Crippen molar-refractivity contribution < 1.29 is 4.79 Å². The molecule has 1 N–H and O–H groups in total. The minimum atomic E-state index is 0.0172. The van der Waals surface area contributed by atoms with Gasteiger partial charge < -0.3 is 9.88 Å². The Morgan fingerprint density at radius 1 is 1.39 bits per heavy atom. The van der Waals surface area contributed by atoms with Gasteiger partial charge in [0.1, 0.15) is 23.2 Å². The van der Waals surface area contributed by atoms with Crippen LogP contribution in [0.2, 0.25) is 0 Å². The van der Waals surface area contributed by atoms with E-state index in [1.54, 1.807) is 6.20 Å². The van der Waals surface area contributed by atoms with Crippen LogP contribution in [0.15, 0.2) is 6.20 Å². The molecule has 0 saturated carbocycles. The van der Waals surface area contributed by atoms with E-state index in [4.69, 9.17) is 0 Å². The molecule has 7 nitrogen and oxygen atoms in total. The second-order valence-corrected chi connectivity index (χ2v) is 6.53. The highest BCUT2D eigenvalue weighted by Gasteiger charge is 2.28. The number of likely N-dealkylation sites (tertiary alicyclic amines) is 1. The first kappa shape index (κ1) is 15.7. The molecule has 0 radical (unpaired) electrons. The van der Waals surface area contributed by atoms with Crippen LogP contribution in [0.25, 0.3) is 0 Å². The van der Waals surface area contributed by atoms with Crippen molar-refractivity contribution >= 4 is 5.91 Å². The molecule has 1 unspecified atom stereocenters. The summed E-state index contributed by atoms with van der Waals surface area (Å²) < 4.78 is 1.96. The summed E-state index contributed by atoms with van der Waals surface area (Å²) >= 11 is 0. The molecule has 3 heterocycles. The van der Waals surface area contributed by atoms with Gasteiger partial charge in [-0.05, 0) is 26.7 Å². The number of nitrogens with zero attached hydrogens (tertiary/aromatic N) is 5. The Morgan fingerprint density at radius 3 is 2.78 bits per heavy atom. The summed E-state index contributed by atoms with van der Waals surface area (Å²) in [5.74, 6) is 2.84. The summed E-state index contributed by atoms with van der Waals surface area (Å²) in [6.45, 7) is 9.41. The molecule has 1 aliphatic heterocycles. The molecule has 3 rings (SSSR count). The average Bonchev–Trinajstić information content (AvgIpc) is 3.13. The molecule has 0 aromatic carbocycles. The Hall–Kier alpha value is -2.18. The van der Waals surface area contributed by atoms with Gasteiger partial charge in [-0.3, -0.25) is 4.79 Å². The topological polar surface area (TPSA) is 79.7 Å². The number of nitrogens with one attached hydrogen (secondary N) is 1. The van der Waals surface area contributed by atoms with Crippen LogP contribution in [0.4, 0.5) is 0 Å². The minimum Gasteiger partial charge on any atom is -0.338 e. The fourth-order valence-corrected chi connectivity index (χ4v) is 3.13. The maximum absolute atomic E-state index is 12.7. The maximum Gasteiger partial charge on any atom is 0.271 e. The van der Waals surface area contributed by atoms with Crippen molar-refractivity contribution in [3.8, 4) is 0 Å². The summed E-state index contributed by atoms with van der Waals surface area (Å²) in [7, 11) is 0. The van der Waals surface area contributed by atoms with Crippen LogP contribution in [-0.2, 0) is 0 Å². The van der Waals surface area contributed by atoms with E-state index in [-0.39, 0.29) is 17.9 Å². The van der Waals surface area contributed by atoms with Crippen LogP contribution in [0.5, 0.6) is 0 Å². The number of hydrogen-bond acceptors (Lipinski definition) is 4. The fraction of sp³-hybridized carbons (Fsp3) is 0.625. The van der Waals surface area contributed by atoms with E-state index in [2.05, 4.69) is 33.9 Å². The van der Waals surface area contributed by atoms with Crippen LogP contribution in [0.3, 0.4) is 0 Å². The first-order valence-electron chi connectivity index (χ1n) is 8.19. The normalized spacial score (nSPS) is 18.7.